The third-order valence-corrected chi connectivity index (χ3v) is 7.06. The molecule has 1 aliphatic heterocycles. The normalized spacial score (nSPS) is 14.1. The van der Waals surface area contributed by atoms with Gasteiger partial charge >= 0.3 is 0 Å². The van der Waals surface area contributed by atoms with E-state index >= 15 is 0 Å². The number of piperazine rings is 1. The van der Waals surface area contributed by atoms with E-state index in [1.807, 2.05) is 37.3 Å². The third-order valence-electron chi connectivity index (χ3n) is 6.05. The van der Waals surface area contributed by atoms with Gasteiger partial charge in [-0.25, -0.2) is 9.37 Å². The molecule has 1 saturated heterocycles. The van der Waals surface area contributed by atoms with Gasteiger partial charge in [-0.3, -0.25) is 14.2 Å². The van der Waals surface area contributed by atoms with Gasteiger partial charge in [-0.05, 0) is 36.8 Å². The van der Waals surface area contributed by atoms with Crippen LogP contribution in [0.25, 0.3) is 21.3 Å². The average Bonchev–Trinajstić information content (AvgIpc) is 3.18. The van der Waals surface area contributed by atoms with Gasteiger partial charge < -0.3 is 9.80 Å². The molecule has 6 nitrogen and oxygen atoms in total. The van der Waals surface area contributed by atoms with Crippen molar-refractivity contribution in [3.8, 4) is 11.1 Å². The maximum atomic E-state index is 13.3. The summed E-state index contributed by atoms with van der Waals surface area (Å²) in [6, 6.07) is 16.2. The van der Waals surface area contributed by atoms with E-state index in [9.17, 15) is 14.0 Å². The quantitative estimate of drug-likeness (QED) is 0.461. The molecule has 1 aliphatic rings. The van der Waals surface area contributed by atoms with Crippen LogP contribution >= 0.6 is 11.3 Å². The van der Waals surface area contributed by atoms with Crippen LogP contribution in [0.3, 0.4) is 0 Å². The highest BCUT2D eigenvalue weighted by molar-refractivity contribution is 7.19. The largest absolute Gasteiger partial charge is 0.368 e. The van der Waals surface area contributed by atoms with E-state index < -0.39 is 0 Å². The van der Waals surface area contributed by atoms with Crippen molar-refractivity contribution >= 4 is 33.1 Å². The number of amides is 1. The second-order valence-electron chi connectivity index (χ2n) is 8.10. The number of aromatic nitrogens is 2. The maximum absolute atomic E-state index is 13.3. The molecule has 0 N–H and O–H groups in total. The van der Waals surface area contributed by atoms with Crippen molar-refractivity contribution < 1.29 is 9.18 Å². The van der Waals surface area contributed by atoms with E-state index in [1.165, 1.54) is 34.4 Å². The number of nitrogens with zero attached hydrogens (tertiary/aromatic N) is 4. The zero-order valence-corrected chi connectivity index (χ0v) is 19.0. The lowest BCUT2D eigenvalue weighted by molar-refractivity contribution is -0.132. The van der Waals surface area contributed by atoms with E-state index in [4.69, 9.17) is 0 Å². The molecule has 8 heteroatoms. The van der Waals surface area contributed by atoms with Crippen LogP contribution in [0.4, 0.5) is 10.1 Å². The van der Waals surface area contributed by atoms with Gasteiger partial charge in [0.25, 0.3) is 5.56 Å². The van der Waals surface area contributed by atoms with E-state index in [2.05, 4.69) is 9.88 Å². The van der Waals surface area contributed by atoms with Gasteiger partial charge in [0.15, 0.2) is 0 Å². The number of anilines is 1. The van der Waals surface area contributed by atoms with Gasteiger partial charge in [-0.1, -0.05) is 30.3 Å². The Balaban J connectivity index is 1.34. The minimum atomic E-state index is -0.264. The number of rotatable bonds is 4. The predicted molar refractivity (Wildman–Crippen MR) is 129 cm³/mol. The predicted octanol–water partition coefficient (Wildman–Crippen LogP) is 3.92. The van der Waals surface area contributed by atoms with Crippen molar-refractivity contribution in [1.29, 1.82) is 0 Å². The standard InChI is InChI=1S/C25H23FN4O2S/c1-17-22(18-5-3-2-4-6-18)23-24(33-17)27-16-30(25(23)32)15-21(31)29-13-11-28(12-14-29)20-9-7-19(26)8-10-20/h2-10,16H,11-15H2,1H3. The fourth-order valence-electron chi connectivity index (χ4n) is 4.31. The highest BCUT2D eigenvalue weighted by Crippen LogP contribution is 2.35. The molecule has 0 bridgehead atoms. The second kappa shape index (κ2) is 8.78. The first-order valence-corrected chi connectivity index (χ1v) is 11.6. The SMILES string of the molecule is Cc1sc2ncn(CC(=O)N3CCN(c4ccc(F)cc4)CC3)c(=O)c2c1-c1ccccc1. The number of hydrogen-bond acceptors (Lipinski definition) is 5. The summed E-state index contributed by atoms with van der Waals surface area (Å²) in [5.74, 6) is -0.370. The molecular formula is C25H23FN4O2S. The maximum Gasteiger partial charge on any atom is 0.263 e. The molecule has 3 heterocycles. The lowest BCUT2D eigenvalue weighted by atomic mass is 10.0. The first kappa shape index (κ1) is 21.3. The van der Waals surface area contributed by atoms with Crippen molar-refractivity contribution in [3.05, 3.63) is 82.0 Å². The van der Waals surface area contributed by atoms with E-state index in [1.54, 1.807) is 17.0 Å². The van der Waals surface area contributed by atoms with Gasteiger partial charge in [0.05, 0.1) is 11.7 Å². The van der Waals surface area contributed by atoms with Crippen LogP contribution in [0.15, 0.2) is 65.7 Å². The van der Waals surface area contributed by atoms with Crippen LogP contribution in [0.5, 0.6) is 0 Å². The summed E-state index contributed by atoms with van der Waals surface area (Å²) in [6.45, 7) is 4.36. The van der Waals surface area contributed by atoms with Crippen LogP contribution in [0.1, 0.15) is 4.88 Å². The minimum absolute atomic E-state index is 0.0402. The Hall–Kier alpha value is -3.52. The van der Waals surface area contributed by atoms with Crippen molar-refractivity contribution in [2.24, 2.45) is 0 Å². The molecule has 0 saturated carbocycles. The fourth-order valence-corrected chi connectivity index (χ4v) is 5.32. The molecule has 168 valence electrons. The van der Waals surface area contributed by atoms with Gasteiger partial charge in [0.2, 0.25) is 5.91 Å². The summed E-state index contributed by atoms with van der Waals surface area (Å²) in [4.78, 5) is 36.4. The minimum Gasteiger partial charge on any atom is -0.368 e. The molecule has 1 amide bonds. The monoisotopic (exact) mass is 462 g/mol. The molecule has 2 aromatic heterocycles. The zero-order valence-electron chi connectivity index (χ0n) is 18.2. The number of fused-ring (bicyclic) bond motifs is 1. The van der Waals surface area contributed by atoms with Gasteiger partial charge in [0, 0.05) is 42.3 Å². The number of hydrogen-bond donors (Lipinski definition) is 0. The Labute approximate surface area is 194 Å². The molecule has 0 unspecified atom stereocenters. The van der Waals surface area contributed by atoms with Crippen LogP contribution in [0.2, 0.25) is 0 Å². The summed E-state index contributed by atoms with van der Waals surface area (Å²) in [6.07, 6.45) is 1.47. The fraction of sp³-hybridized carbons (Fsp3) is 0.240. The highest BCUT2D eigenvalue weighted by Gasteiger charge is 2.23. The molecule has 0 radical (unpaired) electrons. The summed E-state index contributed by atoms with van der Waals surface area (Å²) in [7, 11) is 0. The van der Waals surface area contributed by atoms with Crippen LogP contribution in [-0.2, 0) is 11.3 Å². The van der Waals surface area contributed by atoms with E-state index in [-0.39, 0.29) is 23.8 Å². The van der Waals surface area contributed by atoms with Crippen molar-refractivity contribution in [1.82, 2.24) is 14.5 Å². The van der Waals surface area contributed by atoms with Crippen molar-refractivity contribution in [2.45, 2.75) is 13.5 Å². The molecule has 2 aromatic carbocycles. The Morgan fingerprint density at radius 3 is 2.42 bits per heavy atom. The Morgan fingerprint density at radius 1 is 1.03 bits per heavy atom. The lowest BCUT2D eigenvalue weighted by Crippen LogP contribution is -2.50. The smallest absolute Gasteiger partial charge is 0.263 e. The lowest BCUT2D eigenvalue weighted by Gasteiger charge is -2.36. The molecule has 0 spiro atoms. The number of carbonyl (C=O) groups excluding carboxylic acids is 1. The number of aryl methyl sites for hydroxylation is 1. The topological polar surface area (TPSA) is 58.4 Å². The number of benzene rings is 2. The average molecular weight is 463 g/mol. The Morgan fingerprint density at radius 2 is 1.73 bits per heavy atom. The number of carbonyl (C=O) groups is 1. The highest BCUT2D eigenvalue weighted by atomic mass is 32.1. The molecule has 4 aromatic rings. The first-order chi connectivity index (χ1) is 16.0. The summed E-state index contributed by atoms with van der Waals surface area (Å²) < 4.78 is 14.6. The van der Waals surface area contributed by atoms with Crippen LogP contribution in [0, 0.1) is 12.7 Å². The number of thiophene rings is 1. The van der Waals surface area contributed by atoms with Crippen molar-refractivity contribution in [3.63, 3.8) is 0 Å². The molecule has 5 rings (SSSR count). The second-order valence-corrected chi connectivity index (χ2v) is 9.30. The van der Waals surface area contributed by atoms with Crippen molar-refractivity contribution in [2.75, 3.05) is 31.1 Å². The van der Waals surface area contributed by atoms with Gasteiger partial charge in [-0.2, -0.15) is 0 Å². The van der Waals surface area contributed by atoms with Crippen LogP contribution in [-0.4, -0.2) is 46.5 Å². The summed E-state index contributed by atoms with van der Waals surface area (Å²) in [5, 5.41) is 0.570. The molecule has 1 fully saturated rings. The van der Waals surface area contributed by atoms with E-state index in [0.717, 1.165) is 21.7 Å². The molecule has 33 heavy (non-hydrogen) atoms. The Bertz CT molecular complexity index is 1360. The van der Waals surface area contributed by atoms with Gasteiger partial charge in [0.1, 0.15) is 17.2 Å². The first-order valence-electron chi connectivity index (χ1n) is 10.8. The zero-order chi connectivity index (χ0) is 22.9. The summed E-state index contributed by atoms with van der Waals surface area (Å²) in [5.41, 5.74) is 2.61. The van der Waals surface area contributed by atoms with E-state index in [0.29, 0.717) is 36.4 Å². The van der Waals surface area contributed by atoms with Gasteiger partial charge in [-0.15, -0.1) is 11.3 Å². The van der Waals surface area contributed by atoms with Crippen LogP contribution < -0.4 is 10.5 Å². The third kappa shape index (κ3) is 4.14. The molecule has 0 aliphatic carbocycles. The number of halogens is 1. The Kier molecular flexibility index (Phi) is 5.68. The summed E-state index contributed by atoms with van der Waals surface area (Å²) >= 11 is 1.49. The molecular weight excluding hydrogens is 439 g/mol. The molecule has 0 atom stereocenters.